The summed E-state index contributed by atoms with van der Waals surface area (Å²) in [6.07, 6.45) is -0.103. The van der Waals surface area contributed by atoms with E-state index in [9.17, 15) is 4.79 Å². The lowest BCUT2D eigenvalue weighted by molar-refractivity contribution is -0.130. The number of rotatable bonds is 4. The Kier molecular flexibility index (Phi) is 5.13. The van der Waals surface area contributed by atoms with Crippen molar-refractivity contribution in [2.45, 2.75) is 13.3 Å². The van der Waals surface area contributed by atoms with Crippen LogP contribution in [0.4, 0.5) is 0 Å². The third-order valence-corrected chi connectivity index (χ3v) is 1.33. The first-order valence-corrected chi connectivity index (χ1v) is 3.51. The Morgan fingerprint density at radius 2 is 2.36 bits per heavy atom. The average molecular weight is 156 g/mol. The summed E-state index contributed by atoms with van der Waals surface area (Å²) in [6, 6.07) is 1.77. The van der Waals surface area contributed by atoms with Gasteiger partial charge in [-0.2, -0.15) is 5.26 Å². The number of hydrogen-bond donors (Lipinski definition) is 1. The summed E-state index contributed by atoms with van der Waals surface area (Å²) >= 11 is 0. The van der Waals surface area contributed by atoms with Gasteiger partial charge in [-0.15, -0.1) is 0 Å². The molecule has 0 aromatic rings. The van der Waals surface area contributed by atoms with Crippen molar-refractivity contribution >= 4 is 5.91 Å². The first-order valence-electron chi connectivity index (χ1n) is 3.51. The topological polar surface area (TPSA) is 64.3 Å². The number of likely N-dealkylation sites (N-methyl/N-ethyl adjacent to an activating group) is 1. The van der Waals surface area contributed by atoms with E-state index in [4.69, 9.17) is 10.4 Å². The Morgan fingerprint density at radius 3 is 2.73 bits per heavy atom. The van der Waals surface area contributed by atoms with Gasteiger partial charge in [0.1, 0.15) is 6.42 Å². The van der Waals surface area contributed by atoms with E-state index < -0.39 is 0 Å². The number of amides is 1. The van der Waals surface area contributed by atoms with Crippen LogP contribution in [0.2, 0.25) is 0 Å². The molecule has 0 aliphatic rings. The van der Waals surface area contributed by atoms with Gasteiger partial charge in [0.15, 0.2) is 0 Å². The number of aliphatic hydroxyl groups excluding tert-OH is 1. The lowest BCUT2D eigenvalue weighted by Gasteiger charge is -2.17. The van der Waals surface area contributed by atoms with E-state index in [2.05, 4.69) is 0 Å². The van der Waals surface area contributed by atoms with E-state index in [1.54, 1.807) is 6.07 Å². The normalized spacial score (nSPS) is 8.82. The van der Waals surface area contributed by atoms with Crippen molar-refractivity contribution in [3.8, 4) is 6.07 Å². The quantitative estimate of drug-likeness (QED) is 0.610. The third-order valence-electron chi connectivity index (χ3n) is 1.33. The second kappa shape index (κ2) is 5.69. The van der Waals surface area contributed by atoms with Crippen molar-refractivity contribution in [3.05, 3.63) is 0 Å². The van der Waals surface area contributed by atoms with Gasteiger partial charge in [0.05, 0.1) is 12.7 Å². The van der Waals surface area contributed by atoms with E-state index in [1.807, 2.05) is 6.92 Å². The minimum atomic E-state index is -0.218. The van der Waals surface area contributed by atoms with E-state index >= 15 is 0 Å². The molecule has 0 aliphatic carbocycles. The van der Waals surface area contributed by atoms with Crippen LogP contribution in [0.15, 0.2) is 0 Å². The molecule has 0 saturated carbocycles. The Bertz CT molecular complexity index is 162. The molecule has 0 rings (SSSR count). The van der Waals surface area contributed by atoms with Gasteiger partial charge in [-0.3, -0.25) is 4.79 Å². The van der Waals surface area contributed by atoms with Crippen molar-refractivity contribution < 1.29 is 9.90 Å². The monoisotopic (exact) mass is 156 g/mol. The molecule has 62 valence electrons. The molecule has 0 atom stereocenters. The summed E-state index contributed by atoms with van der Waals surface area (Å²) in [7, 11) is 0. The summed E-state index contributed by atoms with van der Waals surface area (Å²) in [4.78, 5) is 12.4. The van der Waals surface area contributed by atoms with Crippen LogP contribution in [0.25, 0.3) is 0 Å². The predicted octanol–water partition coefficient (Wildman–Crippen LogP) is -0.259. The molecule has 1 amide bonds. The Labute approximate surface area is 66.0 Å². The van der Waals surface area contributed by atoms with E-state index in [1.165, 1.54) is 4.90 Å². The summed E-state index contributed by atoms with van der Waals surface area (Å²) in [5.74, 6) is -0.218. The highest BCUT2D eigenvalue weighted by Gasteiger charge is 2.08. The van der Waals surface area contributed by atoms with E-state index in [-0.39, 0.29) is 18.9 Å². The van der Waals surface area contributed by atoms with Crippen LogP contribution in [0.3, 0.4) is 0 Å². The highest BCUT2D eigenvalue weighted by atomic mass is 16.3. The predicted molar refractivity (Wildman–Crippen MR) is 39.6 cm³/mol. The molecule has 0 radical (unpaired) electrons. The smallest absolute Gasteiger partial charge is 0.236 e. The molecule has 0 fully saturated rings. The number of carbonyl (C=O) groups is 1. The van der Waals surface area contributed by atoms with Gasteiger partial charge in [-0.25, -0.2) is 0 Å². The molecular weight excluding hydrogens is 144 g/mol. The molecule has 0 saturated heterocycles. The first-order chi connectivity index (χ1) is 5.26. The molecular formula is C7H12N2O2. The van der Waals surface area contributed by atoms with Gasteiger partial charge < -0.3 is 10.0 Å². The SMILES string of the molecule is CCN(CCO)C(=O)CC#N. The van der Waals surface area contributed by atoms with Gasteiger partial charge in [-0.1, -0.05) is 0 Å². The van der Waals surface area contributed by atoms with Crippen molar-refractivity contribution in [3.63, 3.8) is 0 Å². The molecule has 1 N–H and O–H groups in total. The Balaban J connectivity index is 3.83. The van der Waals surface area contributed by atoms with Crippen LogP contribution in [0.1, 0.15) is 13.3 Å². The fourth-order valence-electron chi connectivity index (χ4n) is 0.759. The molecule has 0 aromatic carbocycles. The van der Waals surface area contributed by atoms with Gasteiger partial charge in [0.2, 0.25) is 5.91 Å². The van der Waals surface area contributed by atoms with E-state index in [0.29, 0.717) is 13.1 Å². The Hall–Kier alpha value is -1.08. The number of nitrogens with zero attached hydrogens (tertiary/aromatic N) is 2. The molecule has 0 aliphatic heterocycles. The van der Waals surface area contributed by atoms with Gasteiger partial charge in [0.25, 0.3) is 0 Å². The first kappa shape index (κ1) is 9.92. The lowest BCUT2D eigenvalue weighted by atomic mass is 10.4. The largest absolute Gasteiger partial charge is 0.395 e. The zero-order valence-corrected chi connectivity index (χ0v) is 6.58. The second-order valence-electron chi connectivity index (χ2n) is 2.03. The molecule has 11 heavy (non-hydrogen) atoms. The van der Waals surface area contributed by atoms with Crippen molar-refractivity contribution in [1.29, 1.82) is 5.26 Å². The number of hydrogen-bond acceptors (Lipinski definition) is 3. The standard InChI is InChI=1S/C7H12N2O2/c1-2-9(5-6-10)7(11)3-4-8/h10H,2-3,5-6H2,1H3. The molecule has 4 heteroatoms. The van der Waals surface area contributed by atoms with Crippen LogP contribution in [-0.2, 0) is 4.79 Å². The van der Waals surface area contributed by atoms with Gasteiger partial charge in [-0.05, 0) is 6.92 Å². The average Bonchev–Trinajstić information content (AvgIpc) is 2.00. The third kappa shape index (κ3) is 3.58. The summed E-state index contributed by atoms with van der Waals surface area (Å²) in [6.45, 7) is 2.62. The fraction of sp³-hybridized carbons (Fsp3) is 0.714. The number of aliphatic hydroxyl groups is 1. The highest BCUT2D eigenvalue weighted by molar-refractivity contribution is 5.78. The minimum absolute atomic E-state index is 0.0506. The molecule has 0 aromatic heterocycles. The van der Waals surface area contributed by atoms with Crippen LogP contribution >= 0.6 is 0 Å². The van der Waals surface area contributed by atoms with Crippen LogP contribution in [0.5, 0.6) is 0 Å². The minimum Gasteiger partial charge on any atom is -0.395 e. The fourth-order valence-corrected chi connectivity index (χ4v) is 0.759. The van der Waals surface area contributed by atoms with Crippen molar-refractivity contribution in [2.24, 2.45) is 0 Å². The highest BCUT2D eigenvalue weighted by Crippen LogP contribution is 1.91. The molecule has 4 nitrogen and oxygen atoms in total. The lowest BCUT2D eigenvalue weighted by Crippen LogP contribution is -2.32. The maximum atomic E-state index is 11.0. The maximum absolute atomic E-state index is 11.0. The maximum Gasteiger partial charge on any atom is 0.236 e. The van der Waals surface area contributed by atoms with Crippen LogP contribution in [0, 0.1) is 11.3 Å². The Morgan fingerprint density at radius 1 is 1.73 bits per heavy atom. The van der Waals surface area contributed by atoms with E-state index in [0.717, 1.165) is 0 Å². The molecule has 0 unspecified atom stereocenters. The van der Waals surface area contributed by atoms with Crippen molar-refractivity contribution in [2.75, 3.05) is 19.7 Å². The van der Waals surface area contributed by atoms with Gasteiger partial charge >= 0.3 is 0 Å². The second-order valence-corrected chi connectivity index (χ2v) is 2.03. The zero-order chi connectivity index (χ0) is 8.69. The number of carbonyl (C=O) groups excluding carboxylic acids is 1. The molecule has 0 bridgehead atoms. The van der Waals surface area contributed by atoms with Crippen LogP contribution in [-0.4, -0.2) is 35.6 Å². The summed E-state index contributed by atoms with van der Waals surface area (Å²) in [5.41, 5.74) is 0. The summed E-state index contributed by atoms with van der Waals surface area (Å²) in [5, 5.41) is 16.7. The zero-order valence-electron chi connectivity index (χ0n) is 6.58. The molecule has 0 spiro atoms. The molecule has 0 heterocycles. The van der Waals surface area contributed by atoms with Crippen molar-refractivity contribution in [1.82, 2.24) is 4.90 Å². The van der Waals surface area contributed by atoms with Gasteiger partial charge in [0, 0.05) is 13.1 Å². The number of nitriles is 1. The van der Waals surface area contributed by atoms with Crippen LogP contribution < -0.4 is 0 Å². The summed E-state index contributed by atoms with van der Waals surface area (Å²) < 4.78 is 0.